The zero-order valence-corrected chi connectivity index (χ0v) is 6.68. The van der Waals surface area contributed by atoms with Gasteiger partial charge in [-0.2, -0.15) is 5.26 Å². The molecule has 0 aliphatic rings. The van der Waals surface area contributed by atoms with Crippen LogP contribution in [0.2, 0.25) is 0 Å². The Morgan fingerprint density at radius 1 is 1.31 bits per heavy atom. The Balaban J connectivity index is 3.00. The van der Waals surface area contributed by atoms with Crippen LogP contribution in [0.4, 0.5) is 0 Å². The molecule has 13 heavy (non-hydrogen) atoms. The average molecular weight is 180 g/mol. The molecule has 0 saturated heterocycles. The number of carbonyl (C=O) groups is 1. The van der Waals surface area contributed by atoms with E-state index >= 15 is 0 Å². The molecule has 0 saturated carbocycles. The van der Waals surface area contributed by atoms with E-state index in [1.807, 2.05) is 0 Å². The highest BCUT2D eigenvalue weighted by Crippen LogP contribution is 2.14. The molecule has 68 valence electrons. The number of aliphatic hydroxyl groups excluding tert-OH is 1. The predicted molar refractivity (Wildman–Crippen MR) is 45.8 cm³/mol. The van der Waals surface area contributed by atoms with Gasteiger partial charge in [0.05, 0.1) is 6.26 Å². The summed E-state index contributed by atoms with van der Waals surface area (Å²) in [6.45, 7) is 0. The third-order valence-electron chi connectivity index (χ3n) is 1.52. The normalized spacial score (nSPS) is 11.0. The van der Waals surface area contributed by atoms with E-state index in [1.165, 1.54) is 0 Å². The number of rotatable bonds is 2. The lowest BCUT2D eigenvalue weighted by atomic mass is 10.1. The molecule has 0 bridgehead atoms. The number of benzene rings is 1. The summed E-state index contributed by atoms with van der Waals surface area (Å²) >= 11 is 0. The van der Waals surface area contributed by atoms with E-state index in [4.69, 9.17) is 10.4 Å². The van der Waals surface area contributed by atoms with Gasteiger partial charge in [-0.05, 0) is 5.56 Å². The van der Waals surface area contributed by atoms with Crippen molar-refractivity contribution in [2.45, 2.75) is 0 Å². The maximum atomic E-state index is 10.8. The number of hydrogen-bond donors (Lipinski definition) is 2. The molecule has 2 N–H and O–H groups in total. The van der Waals surface area contributed by atoms with Gasteiger partial charge in [-0.25, -0.2) is 4.79 Å². The zero-order valence-electron chi connectivity index (χ0n) is 6.68. The van der Waals surface area contributed by atoms with Crippen molar-refractivity contribution in [1.29, 1.82) is 0 Å². The van der Waals surface area contributed by atoms with E-state index in [1.54, 1.807) is 30.3 Å². The minimum atomic E-state index is -0.992. The summed E-state index contributed by atoms with van der Waals surface area (Å²) in [5.41, 5.74) is 0.382. The summed E-state index contributed by atoms with van der Waals surface area (Å²) in [6.07, 6.45) is 0.591. The van der Waals surface area contributed by atoms with Crippen molar-refractivity contribution in [3.05, 3.63) is 42.2 Å². The highest BCUT2D eigenvalue weighted by Gasteiger charge is 2.12. The fraction of sp³-hybridized carbons (Fsp3) is 0. The van der Waals surface area contributed by atoms with Crippen LogP contribution >= 0.6 is 0 Å². The van der Waals surface area contributed by atoms with Crippen molar-refractivity contribution in [3.63, 3.8) is 0 Å². The predicted octanol–water partition coefficient (Wildman–Crippen LogP) is 1.60. The smallest absolute Gasteiger partial charge is 0.376 e. The van der Waals surface area contributed by atoms with Crippen LogP contribution in [0.5, 0.6) is 0 Å². The molecule has 4 heteroatoms. The quantitative estimate of drug-likeness (QED) is 0.314. The van der Waals surface area contributed by atoms with Crippen LogP contribution < -0.4 is 0 Å². The standard InChI is InChI=1S/C9H8O4/c10-6-8(9(11)13-12)7-4-2-1-3-5-7/h1-6,10,12H. The van der Waals surface area contributed by atoms with Crippen molar-refractivity contribution >= 4 is 11.5 Å². The second kappa shape index (κ2) is 4.27. The van der Waals surface area contributed by atoms with Crippen molar-refractivity contribution in [1.82, 2.24) is 0 Å². The van der Waals surface area contributed by atoms with E-state index in [2.05, 4.69) is 4.89 Å². The van der Waals surface area contributed by atoms with Crippen LogP contribution in [0.1, 0.15) is 5.56 Å². The SMILES string of the molecule is O=C(OO)C(=CO)c1ccccc1. The van der Waals surface area contributed by atoms with Crippen LogP contribution in [0.3, 0.4) is 0 Å². The molecular weight excluding hydrogens is 172 g/mol. The molecule has 0 spiro atoms. The topological polar surface area (TPSA) is 66.8 Å². The van der Waals surface area contributed by atoms with Gasteiger partial charge < -0.3 is 5.11 Å². The second-order valence-electron chi connectivity index (χ2n) is 2.29. The molecule has 1 aromatic rings. The summed E-state index contributed by atoms with van der Waals surface area (Å²) in [5, 5.41) is 16.8. The van der Waals surface area contributed by atoms with Gasteiger partial charge in [-0.3, -0.25) is 4.89 Å². The Hall–Kier alpha value is -1.81. The minimum absolute atomic E-state index is 0.0944. The van der Waals surface area contributed by atoms with Gasteiger partial charge in [0.25, 0.3) is 0 Å². The summed E-state index contributed by atoms with van der Waals surface area (Å²) in [6, 6.07) is 8.38. The highest BCUT2D eigenvalue weighted by atomic mass is 17.1. The fourth-order valence-corrected chi connectivity index (χ4v) is 0.912. The monoisotopic (exact) mass is 180 g/mol. The second-order valence-corrected chi connectivity index (χ2v) is 2.29. The maximum absolute atomic E-state index is 10.8. The van der Waals surface area contributed by atoms with Gasteiger partial charge in [0.2, 0.25) is 0 Å². The molecule has 0 amide bonds. The lowest BCUT2D eigenvalue weighted by Crippen LogP contribution is -2.04. The molecule has 0 aromatic heterocycles. The number of carbonyl (C=O) groups excluding carboxylic acids is 1. The van der Waals surface area contributed by atoms with E-state index in [0.717, 1.165) is 0 Å². The van der Waals surface area contributed by atoms with Crippen molar-refractivity contribution in [2.24, 2.45) is 0 Å². The van der Waals surface area contributed by atoms with Crippen molar-refractivity contribution in [2.75, 3.05) is 0 Å². The lowest BCUT2D eigenvalue weighted by molar-refractivity contribution is -0.226. The van der Waals surface area contributed by atoms with Crippen LogP contribution in [0, 0.1) is 0 Å². The van der Waals surface area contributed by atoms with E-state index in [-0.39, 0.29) is 5.57 Å². The third kappa shape index (κ3) is 2.07. The Labute approximate surface area is 74.6 Å². The summed E-state index contributed by atoms with van der Waals surface area (Å²) in [5.74, 6) is -0.992. The van der Waals surface area contributed by atoms with Crippen LogP contribution in [-0.2, 0) is 9.68 Å². The molecular formula is C9H8O4. The molecule has 0 aliphatic heterocycles. The van der Waals surface area contributed by atoms with Gasteiger partial charge in [0.15, 0.2) is 0 Å². The highest BCUT2D eigenvalue weighted by molar-refractivity contribution is 6.15. The van der Waals surface area contributed by atoms with E-state index < -0.39 is 5.97 Å². The first-order chi connectivity index (χ1) is 6.29. The summed E-state index contributed by atoms with van der Waals surface area (Å²) < 4.78 is 0. The average Bonchev–Trinajstić information content (AvgIpc) is 2.20. The molecule has 4 nitrogen and oxygen atoms in total. The largest absolute Gasteiger partial charge is 0.515 e. The Morgan fingerprint density at radius 3 is 2.38 bits per heavy atom. The lowest BCUT2D eigenvalue weighted by Gasteiger charge is -2.00. The number of hydrogen-bond acceptors (Lipinski definition) is 4. The van der Waals surface area contributed by atoms with Gasteiger partial charge in [-0.15, -0.1) is 0 Å². The Bertz CT molecular complexity index is 316. The maximum Gasteiger partial charge on any atom is 0.376 e. The molecule has 0 aliphatic carbocycles. The summed E-state index contributed by atoms with van der Waals surface area (Å²) in [4.78, 5) is 14.3. The third-order valence-corrected chi connectivity index (χ3v) is 1.52. The first-order valence-corrected chi connectivity index (χ1v) is 3.55. The fourth-order valence-electron chi connectivity index (χ4n) is 0.912. The van der Waals surface area contributed by atoms with Crippen LogP contribution in [0.25, 0.3) is 5.57 Å². The molecule has 0 fully saturated rings. The number of aliphatic hydroxyl groups is 1. The van der Waals surface area contributed by atoms with Gasteiger partial charge >= 0.3 is 5.97 Å². The van der Waals surface area contributed by atoms with E-state index in [0.29, 0.717) is 11.8 Å². The van der Waals surface area contributed by atoms with Crippen molar-refractivity contribution in [3.8, 4) is 0 Å². The molecule has 0 heterocycles. The molecule has 0 radical (unpaired) electrons. The van der Waals surface area contributed by atoms with Gasteiger partial charge in [-0.1, -0.05) is 30.3 Å². The Kier molecular flexibility index (Phi) is 3.05. The minimum Gasteiger partial charge on any atom is -0.515 e. The molecule has 0 atom stereocenters. The molecule has 1 rings (SSSR count). The van der Waals surface area contributed by atoms with E-state index in [9.17, 15) is 4.79 Å². The zero-order chi connectivity index (χ0) is 9.68. The Morgan fingerprint density at radius 2 is 1.92 bits per heavy atom. The summed E-state index contributed by atoms with van der Waals surface area (Å²) in [7, 11) is 0. The van der Waals surface area contributed by atoms with Gasteiger partial charge in [0.1, 0.15) is 5.57 Å². The van der Waals surface area contributed by atoms with Crippen LogP contribution in [-0.4, -0.2) is 16.3 Å². The van der Waals surface area contributed by atoms with Crippen molar-refractivity contribution < 1.29 is 20.0 Å². The first-order valence-electron chi connectivity index (χ1n) is 3.55. The molecule has 1 aromatic carbocycles. The van der Waals surface area contributed by atoms with Crippen LogP contribution in [0.15, 0.2) is 36.6 Å². The molecule has 0 unspecified atom stereocenters. The first kappa shape index (κ1) is 9.28. The van der Waals surface area contributed by atoms with Gasteiger partial charge in [0, 0.05) is 0 Å².